The van der Waals surface area contributed by atoms with E-state index < -0.39 is 17.8 Å². The summed E-state index contributed by atoms with van der Waals surface area (Å²) in [6.07, 6.45) is 2.05. The third kappa shape index (κ3) is 5.20. The Labute approximate surface area is 218 Å². The summed E-state index contributed by atoms with van der Waals surface area (Å²) < 4.78 is 50.7. The van der Waals surface area contributed by atoms with Gasteiger partial charge < -0.3 is 14.4 Å². The van der Waals surface area contributed by atoms with Gasteiger partial charge in [0, 0.05) is 37.5 Å². The number of carbonyl (C=O) groups excluding carboxylic acids is 1. The Morgan fingerprint density at radius 1 is 1.05 bits per heavy atom. The first kappa shape index (κ1) is 26.0. The molecule has 4 unspecified atom stereocenters. The van der Waals surface area contributed by atoms with Crippen molar-refractivity contribution in [3.05, 3.63) is 65.9 Å². The van der Waals surface area contributed by atoms with Crippen LogP contribution in [0.15, 0.2) is 48.9 Å². The van der Waals surface area contributed by atoms with Gasteiger partial charge in [0.25, 0.3) is 5.91 Å². The van der Waals surface area contributed by atoms with Crippen molar-refractivity contribution in [2.45, 2.75) is 57.0 Å². The molecule has 3 aliphatic rings. The van der Waals surface area contributed by atoms with Crippen LogP contribution in [0.1, 0.15) is 47.4 Å². The highest BCUT2D eigenvalue weighted by Gasteiger charge is 2.48. The van der Waals surface area contributed by atoms with E-state index in [1.54, 1.807) is 31.6 Å². The standard InChI is InChI=1S/C27H28F3N5O3/c1-16-4-8-19(25-31-12-3-13-32-25)24(34-16)26(36)35-20-9-5-17(21(35)15-37-2)6-10-22(20)38-23-11-7-18(14-33-23)27(28,29)30/h3-4,7-8,11-14,17,20-22H,5-6,9-10,15H2,1-2H3. The van der Waals surface area contributed by atoms with Crippen molar-refractivity contribution in [1.82, 2.24) is 24.8 Å². The number of hydrogen-bond acceptors (Lipinski definition) is 7. The molecule has 6 rings (SSSR count). The van der Waals surface area contributed by atoms with Gasteiger partial charge in [0.1, 0.15) is 11.8 Å². The molecular formula is C27H28F3N5O3. The van der Waals surface area contributed by atoms with Gasteiger partial charge in [-0.1, -0.05) is 0 Å². The second-order valence-electron chi connectivity index (χ2n) is 9.68. The van der Waals surface area contributed by atoms with Crippen LogP contribution in [0.4, 0.5) is 13.2 Å². The summed E-state index contributed by atoms with van der Waals surface area (Å²) in [7, 11) is 1.61. The van der Waals surface area contributed by atoms with E-state index in [4.69, 9.17) is 9.47 Å². The van der Waals surface area contributed by atoms with Crippen molar-refractivity contribution in [3.63, 3.8) is 0 Å². The Bertz CT molecular complexity index is 1270. The van der Waals surface area contributed by atoms with Crippen LogP contribution in [0.3, 0.4) is 0 Å². The third-order valence-electron chi connectivity index (χ3n) is 7.29. The predicted molar refractivity (Wildman–Crippen MR) is 131 cm³/mol. The molecule has 0 spiro atoms. The summed E-state index contributed by atoms with van der Waals surface area (Å²) in [5, 5.41) is 0. The molecule has 2 aliphatic heterocycles. The number of nitrogens with zero attached hydrogens (tertiary/aromatic N) is 5. The zero-order valence-electron chi connectivity index (χ0n) is 21.1. The molecule has 5 heterocycles. The Kier molecular flexibility index (Phi) is 7.29. The highest BCUT2D eigenvalue weighted by molar-refractivity contribution is 5.98. The predicted octanol–water partition coefficient (Wildman–Crippen LogP) is 4.74. The fourth-order valence-electron chi connectivity index (χ4n) is 5.52. The van der Waals surface area contributed by atoms with E-state index in [9.17, 15) is 18.0 Å². The summed E-state index contributed by atoms with van der Waals surface area (Å²) in [6, 6.07) is 6.96. The van der Waals surface area contributed by atoms with Gasteiger partial charge in [-0.3, -0.25) is 4.79 Å². The molecule has 0 aromatic carbocycles. The van der Waals surface area contributed by atoms with E-state index in [1.807, 2.05) is 17.9 Å². The van der Waals surface area contributed by atoms with Gasteiger partial charge in [-0.25, -0.2) is 19.9 Å². The molecule has 1 aliphatic carbocycles. The maximum atomic E-state index is 14.3. The molecular weight excluding hydrogens is 499 g/mol. The maximum Gasteiger partial charge on any atom is 0.417 e. The molecule has 200 valence electrons. The molecule has 0 N–H and O–H groups in total. The van der Waals surface area contributed by atoms with Gasteiger partial charge in [-0.15, -0.1) is 0 Å². The lowest BCUT2D eigenvalue weighted by Gasteiger charge is -2.45. The van der Waals surface area contributed by atoms with Crippen molar-refractivity contribution in [3.8, 4) is 17.3 Å². The van der Waals surface area contributed by atoms with E-state index >= 15 is 0 Å². The minimum Gasteiger partial charge on any atom is -0.472 e. The number of pyridine rings is 2. The topological polar surface area (TPSA) is 90.3 Å². The maximum absolute atomic E-state index is 14.3. The minimum atomic E-state index is -4.48. The fourth-order valence-corrected chi connectivity index (χ4v) is 5.52. The normalized spacial score (nSPS) is 23.2. The van der Waals surface area contributed by atoms with Gasteiger partial charge in [-0.05, 0) is 62.8 Å². The first-order chi connectivity index (χ1) is 18.3. The first-order valence-corrected chi connectivity index (χ1v) is 12.5. The number of ether oxygens (including phenoxy) is 2. The average molecular weight is 528 g/mol. The van der Waals surface area contributed by atoms with Crippen LogP contribution < -0.4 is 4.74 Å². The Balaban J connectivity index is 1.50. The zero-order chi connectivity index (χ0) is 26.9. The first-order valence-electron chi connectivity index (χ1n) is 12.5. The number of alkyl halides is 3. The summed E-state index contributed by atoms with van der Waals surface area (Å²) >= 11 is 0. The van der Waals surface area contributed by atoms with E-state index in [0.29, 0.717) is 36.5 Å². The Morgan fingerprint density at radius 3 is 2.50 bits per heavy atom. The molecule has 4 atom stereocenters. The summed E-state index contributed by atoms with van der Waals surface area (Å²) in [4.78, 5) is 33.2. The molecule has 2 saturated heterocycles. The van der Waals surface area contributed by atoms with Crippen molar-refractivity contribution in [1.29, 1.82) is 0 Å². The summed E-state index contributed by atoms with van der Waals surface area (Å²) in [5.41, 5.74) is 0.610. The number of methoxy groups -OCH3 is 1. The molecule has 0 radical (unpaired) electrons. The van der Waals surface area contributed by atoms with Crippen molar-refractivity contribution < 1.29 is 27.4 Å². The van der Waals surface area contributed by atoms with Crippen molar-refractivity contribution in [2.24, 2.45) is 5.92 Å². The van der Waals surface area contributed by atoms with Crippen molar-refractivity contribution >= 4 is 5.91 Å². The number of hydrogen-bond donors (Lipinski definition) is 0. The molecule has 11 heteroatoms. The molecule has 1 saturated carbocycles. The Hall–Kier alpha value is -3.60. The smallest absolute Gasteiger partial charge is 0.417 e. The zero-order valence-corrected chi connectivity index (χ0v) is 21.1. The average Bonchev–Trinajstić information content (AvgIpc) is 3.19. The van der Waals surface area contributed by atoms with Crippen LogP contribution >= 0.6 is 0 Å². The molecule has 3 fully saturated rings. The SMILES string of the molecule is COCC1C2CCC(Oc3ccc(C(F)(F)F)cn3)C(CC2)N1C(=O)c1nc(C)ccc1-c1ncccn1. The van der Waals surface area contributed by atoms with E-state index in [2.05, 4.69) is 19.9 Å². The number of piperidine rings is 1. The number of carbonyl (C=O) groups is 1. The lowest BCUT2D eigenvalue weighted by Crippen LogP contribution is -2.58. The Morgan fingerprint density at radius 2 is 1.82 bits per heavy atom. The highest BCUT2D eigenvalue weighted by atomic mass is 19.4. The number of rotatable bonds is 6. The van der Waals surface area contributed by atoms with E-state index in [0.717, 1.165) is 25.1 Å². The summed E-state index contributed by atoms with van der Waals surface area (Å²) in [6.45, 7) is 2.16. The number of aromatic nitrogens is 4. The van der Waals surface area contributed by atoms with Crippen LogP contribution in [0.25, 0.3) is 11.4 Å². The molecule has 38 heavy (non-hydrogen) atoms. The largest absolute Gasteiger partial charge is 0.472 e. The van der Waals surface area contributed by atoms with Crippen LogP contribution in [0.2, 0.25) is 0 Å². The second-order valence-corrected chi connectivity index (χ2v) is 9.68. The van der Waals surface area contributed by atoms with Crippen LogP contribution in [-0.4, -0.2) is 62.6 Å². The van der Waals surface area contributed by atoms with Crippen LogP contribution in [0.5, 0.6) is 5.88 Å². The van der Waals surface area contributed by atoms with Crippen molar-refractivity contribution in [2.75, 3.05) is 13.7 Å². The molecule has 3 aromatic heterocycles. The van der Waals surface area contributed by atoms with Crippen LogP contribution in [-0.2, 0) is 10.9 Å². The van der Waals surface area contributed by atoms with Gasteiger partial charge >= 0.3 is 6.18 Å². The number of amides is 1. The molecule has 3 aromatic rings. The molecule has 8 nitrogen and oxygen atoms in total. The monoisotopic (exact) mass is 527 g/mol. The second kappa shape index (κ2) is 10.6. The number of halogens is 3. The van der Waals surface area contributed by atoms with Gasteiger partial charge in [0.2, 0.25) is 5.88 Å². The molecule has 1 amide bonds. The number of fused-ring (bicyclic) bond motifs is 4. The lowest BCUT2D eigenvalue weighted by atomic mass is 9.86. The molecule has 2 bridgehead atoms. The lowest BCUT2D eigenvalue weighted by molar-refractivity contribution is -0.137. The minimum absolute atomic E-state index is 0.0936. The fraction of sp³-hybridized carbons (Fsp3) is 0.444. The van der Waals surface area contributed by atoms with E-state index in [-0.39, 0.29) is 35.5 Å². The highest BCUT2D eigenvalue weighted by Crippen LogP contribution is 2.41. The number of aryl methyl sites for hydroxylation is 1. The van der Waals surface area contributed by atoms with Crippen LogP contribution in [0, 0.1) is 12.8 Å². The quantitative estimate of drug-likeness (QED) is 0.458. The van der Waals surface area contributed by atoms with E-state index in [1.165, 1.54) is 6.07 Å². The van der Waals surface area contributed by atoms with Gasteiger partial charge in [0.05, 0.1) is 29.8 Å². The van der Waals surface area contributed by atoms with Gasteiger partial charge in [-0.2, -0.15) is 13.2 Å². The van der Waals surface area contributed by atoms with Gasteiger partial charge in [0.15, 0.2) is 5.82 Å². The third-order valence-corrected chi connectivity index (χ3v) is 7.29. The summed E-state index contributed by atoms with van der Waals surface area (Å²) in [5.74, 6) is 0.402.